The van der Waals surface area contributed by atoms with E-state index in [1.54, 1.807) is 11.3 Å². The average molecular weight is 422 g/mol. The molecule has 0 saturated heterocycles. The van der Waals surface area contributed by atoms with Gasteiger partial charge in [-0.1, -0.05) is 51.7 Å². The van der Waals surface area contributed by atoms with Gasteiger partial charge in [0.25, 0.3) is 0 Å². The predicted molar refractivity (Wildman–Crippen MR) is 120 cm³/mol. The molecule has 0 unspecified atom stereocenters. The minimum Gasteiger partial charge on any atom is -0.326 e. The molecule has 1 heterocycles. The van der Waals surface area contributed by atoms with E-state index in [4.69, 9.17) is 4.99 Å². The first-order chi connectivity index (χ1) is 13.0. The fourth-order valence-electron chi connectivity index (χ4n) is 3.54. The molecule has 1 aromatic heterocycles. The second-order valence-corrected chi connectivity index (χ2v) is 8.68. The van der Waals surface area contributed by atoms with Gasteiger partial charge in [-0.05, 0) is 36.5 Å². The van der Waals surface area contributed by atoms with Gasteiger partial charge < -0.3 is 9.88 Å². The first-order valence-corrected chi connectivity index (χ1v) is 11.0. The smallest absolute Gasteiger partial charge is 0.230 e. The van der Waals surface area contributed by atoms with Gasteiger partial charge in [0.05, 0.1) is 12.5 Å². The van der Waals surface area contributed by atoms with Gasteiger partial charge in [-0.25, -0.2) is 0 Å². The van der Waals surface area contributed by atoms with Crippen molar-refractivity contribution >= 4 is 35.3 Å². The highest BCUT2D eigenvalue weighted by Crippen LogP contribution is 2.20. The van der Waals surface area contributed by atoms with Gasteiger partial charge in [0, 0.05) is 23.8 Å². The fourth-order valence-corrected chi connectivity index (χ4v) is 4.51. The molecule has 0 bridgehead atoms. The summed E-state index contributed by atoms with van der Waals surface area (Å²) in [5.74, 6) is 0.511. The zero-order chi connectivity index (χ0) is 19.2. The van der Waals surface area contributed by atoms with Crippen LogP contribution in [0.2, 0.25) is 0 Å². The number of nitrogens with zero attached hydrogens (tertiary/aromatic N) is 2. The molecule has 1 aliphatic carbocycles. The lowest BCUT2D eigenvalue weighted by molar-refractivity contribution is -0.115. The van der Waals surface area contributed by atoms with E-state index in [9.17, 15) is 4.79 Å². The Morgan fingerprint density at radius 2 is 1.82 bits per heavy atom. The molecule has 1 aromatic carbocycles. The number of benzene rings is 1. The lowest BCUT2D eigenvalue weighted by Gasteiger charge is -2.09. The Balaban J connectivity index is 0.00000280. The normalized spacial score (nSPS) is 15.9. The molecule has 4 nitrogen and oxygen atoms in total. The Labute approximate surface area is 178 Å². The van der Waals surface area contributed by atoms with Crippen LogP contribution in [0.15, 0.2) is 34.6 Å². The molecule has 1 fully saturated rings. The minimum absolute atomic E-state index is 0. The number of aromatic nitrogens is 1. The first kappa shape index (κ1) is 22.7. The number of hydrogen-bond donors (Lipinski definition) is 1. The van der Waals surface area contributed by atoms with Crippen LogP contribution in [0.4, 0.5) is 5.69 Å². The molecule has 0 atom stereocenters. The van der Waals surface area contributed by atoms with Crippen molar-refractivity contribution in [1.29, 1.82) is 0 Å². The van der Waals surface area contributed by atoms with Gasteiger partial charge in [-0.15, -0.1) is 23.7 Å². The van der Waals surface area contributed by atoms with Crippen LogP contribution >= 0.6 is 23.7 Å². The maximum absolute atomic E-state index is 12.4. The van der Waals surface area contributed by atoms with Crippen LogP contribution < -0.4 is 10.1 Å². The number of hydrogen-bond acceptors (Lipinski definition) is 3. The topological polar surface area (TPSA) is 46.4 Å². The summed E-state index contributed by atoms with van der Waals surface area (Å²) >= 11 is 1.65. The van der Waals surface area contributed by atoms with Crippen LogP contribution in [0.25, 0.3) is 0 Å². The molecule has 1 amide bonds. The van der Waals surface area contributed by atoms with Crippen LogP contribution in [-0.4, -0.2) is 16.5 Å². The van der Waals surface area contributed by atoms with E-state index in [1.807, 2.05) is 19.2 Å². The van der Waals surface area contributed by atoms with Gasteiger partial charge in [-0.3, -0.25) is 9.79 Å². The molecular weight excluding hydrogens is 390 g/mol. The second kappa shape index (κ2) is 10.8. The van der Waals surface area contributed by atoms with Crippen LogP contribution in [0.5, 0.6) is 0 Å². The Bertz CT molecular complexity index is 815. The summed E-state index contributed by atoms with van der Waals surface area (Å²) in [6.07, 6.45) is 8.01. The van der Waals surface area contributed by atoms with Crippen molar-refractivity contribution in [3.63, 3.8) is 0 Å². The summed E-state index contributed by atoms with van der Waals surface area (Å²) in [5.41, 5.74) is 3.15. The van der Waals surface area contributed by atoms with Crippen molar-refractivity contribution in [2.75, 3.05) is 5.32 Å². The van der Waals surface area contributed by atoms with E-state index >= 15 is 0 Å². The Kier molecular flexibility index (Phi) is 8.77. The molecule has 28 heavy (non-hydrogen) atoms. The van der Waals surface area contributed by atoms with Crippen molar-refractivity contribution in [2.24, 2.45) is 12.0 Å². The Morgan fingerprint density at radius 3 is 2.43 bits per heavy atom. The zero-order valence-corrected chi connectivity index (χ0v) is 18.7. The molecule has 154 valence electrons. The third-order valence-corrected chi connectivity index (χ3v) is 6.32. The highest BCUT2D eigenvalue weighted by Gasteiger charge is 2.13. The number of rotatable bonds is 5. The lowest BCUT2D eigenvalue weighted by Crippen LogP contribution is -2.21. The van der Waals surface area contributed by atoms with Gasteiger partial charge in [0.1, 0.15) is 0 Å². The summed E-state index contributed by atoms with van der Waals surface area (Å²) in [4.78, 5) is 18.4. The molecule has 1 saturated carbocycles. The maximum Gasteiger partial charge on any atom is 0.230 e. The fraction of sp³-hybridized carbons (Fsp3) is 0.545. The molecule has 1 aliphatic rings. The molecule has 0 radical (unpaired) electrons. The Hall–Kier alpha value is -1.59. The summed E-state index contributed by atoms with van der Waals surface area (Å²) in [6, 6.07) is 8.56. The largest absolute Gasteiger partial charge is 0.326 e. The third-order valence-electron chi connectivity index (χ3n) is 5.34. The molecule has 0 aliphatic heterocycles. The van der Waals surface area contributed by atoms with E-state index in [-0.39, 0.29) is 18.3 Å². The molecule has 6 heteroatoms. The van der Waals surface area contributed by atoms with Gasteiger partial charge in [-0.2, -0.15) is 0 Å². The monoisotopic (exact) mass is 421 g/mol. The van der Waals surface area contributed by atoms with Crippen molar-refractivity contribution in [1.82, 2.24) is 4.57 Å². The van der Waals surface area contributed by atoms with Crippen LogP contribution in [-0.2, 0) is 18.3 Å². The summed E-state index contributed by atoms with van der Waals surface area (Å²) in [5, 5.41) is 5.07. The SMILES string of the molecule is CC(C)c1ccc(NC(=O)Cc2csc(=NC3CCCCCC3)n2C)cc1.Cl. The van der Waals surface area contributed by atoms with Crippen molar-refractivity contribution in [3.05, 3.63) is 45.7 Å². The molecule has 2 aromatic rings. The third kappa shape index (κ3) is 6.21. The molecule has 3 rings (SSSR count). The summed E-state index contributed by atoms with van der Waals surface area (Å²) in [6.45, 7) is 4.34. The standard InChI is InChI=1S/C22H31N3OS.ClH/c1-16(2)17-10-12-19(13-11-17)23-21(26)14-20-15-27-22(25(20)3)24-18-8-6-4-5-7-9-18;/h10-13,15-16,18H,4-9,14H2,1-3H3,(H,23,26);1H. The van der Waals surface area contributed by atoms with E-state index in [0.717, 1.165) is 16.2 Å². The Morgan fingerprint density at radius 1 is 1.18 bits per heavy atom. The van der Waals surface area contributed by atoms with Gasteiger partial charge in [0.15, 0.2) is 4.80 Å². The average Bonchev–Trinajstić information content (AvgIpc) is 2.85. The van der Waals surface area contributed by atoms with E-state index in [0.29, 0.717) is 18.4 Å². The number of amides is 1. The maximum atomic E-state index is 12.4. The van der Waals surface area contributed by atoms with Crippen LogP contribution in [0, 0.1) is 0 Å². The number of nitrogens with one attached hydrogen (secondary N) is 1. The predicted octanol–water partition coefficient (Wildman–Crippen LogP) is 5.44. The van der Waals surface area contributed by atoms with Crippen LogP contribution in [0.3, 0.4) is 0 Å². The number of anilines is 1. The van der Waals surface area contributed by atoms with Gasteiger partial charge in [0.2, 0.25) is 5.91 Å². The molecular formula is C22H32ClN3OS. The highest BCUT2D eigenvalue weighted by molar-refractivity contribution is 7.07. The summed E-state index contributed by atoms with van der Waals surface area (Å²) < 4.78 is 2.08. The molecule has 0 spiro atoms. The molecule has 1 N–H and O–H groups in total. The van der Waals surface area contributed by atoms with E-state index in [1.165, 1.54) is 44.1 Å². The number of carbonyl (C=O) groups excluding carboxylic acids is 1. The minimum atomic E-state index is 0. The quantitative estimate of drug-likeness (QED) is 0.642. The lowest BCUT2D eigenvalue weighted by atomic mass is 10.0. The zero-order valence-electron chi connectivity index (χ0n) is 17.1. The second-order valence-electron chi connectivity index (χ2n) is 7.84. The van der Waals surface area contributed by atoms with Crippen molar-refractivity contribution < 1.29 is 4.79 Å². The number of carbonyl (C=O) groups is 1. The first-order valence-electron chi connectivity index (χ1n) is 10.1. The number of thiazole rings is 1. The van der Waals surface area contributed by atoms with Crippen molar-refractivity contribution in [2.45, 2.75) is 70.8 Å². The van der Waals surface area contributed by atoms with Gasteiger partial charge >= 0.3 is 0 Å². The summed E-state index contributed by atoms with van der Waals surface area (Å²) in [7, 11) is 2.02. The van der Waals surface area contributed by atoms with Crippen LogP contribution in [0.1, 0.15) is 69.5 Å². The highest BCUT2D eigenvalue weighted by atomic mass is 35.5. The van der Waals surface area contributed by atoms with E-state index in [2.05, 4.69) is 41.2 Å². The van der Waals surface area contributed by atoms with E-state index < -0.39 is 0 Å². The van der Waals surface area contributed by atoms with Crippen molar-refractivity contribution in [3.8, 4) is 0 Å². The number of halogens is 1.